The van der Waals surface area contributed by atoms with Gasteiger partial charge in [0.2, 0.25) is 0 Å². The molecule has 1 aliphatic heterocycles. The molecule has 72 valence electrons. The van der Waals surface area contributed by atoms with Crippen LogP contribution in [0, 0.1) is 5.92 Å². The SMILES string of the molecule is CC(C)CCN[C@H]1CCCSC1. The van der Waals surface area contributed by atoms with Crippen molar-refractivity contribution in [3.8, 4) is 0 Å². The lowest BCUT2D eigenvalue weighted by atomic mass is 10.1. The Balaban J connectivity index is 1.98. The molecular weight excluding hydrogens is 166 g/mol. The van der Waals surface area contributed by atoms with Gasteiger partial charge in [-0.2, -0.15) is 11.8 Å². The van der Waals surface area contributed by atoms with Gasteiger partial charge in [0, 0.05) is 11.8 Å². The van der Waals surface area contributed by atoms with Crippen molar-refractivity contribution >= 4 is 11.8 Å². The standard InChI is InChI=1S/C10H21NS/c1-9(2)5-6-11-10-4-3-7-12-8-10/h9-11H,3-8H2,1-2H3/t10-/m0/s1. The summed E-state index contributed by atoms with van der Waals surface area (Å²) >= 11 is 2.10. The van der Waals surface area contributed by atoms with Gasteiger partial charge in [-0.25, -0.2) is 0 Å². The van der Waals surface area contributed by atoms with Gasteiger partial charge in [-0.15, -0.1) is 0 Å². The fourth-order valence-electron chi connectivity index (χ4n) is 1.48. The summed E-state index contributed by atoms with van der Waals surface area (Å²) in [5.41, 5.74) is 0. The van der Waals surface area contributed by atoms with Crippen LogP contribution >= 0.6 is 11.8 Å². The van der Waals surface area contributed by atoms with Crippen LogP contribution in [0.25, 0.3) is 0 Å². The fourth-order valence-corrected chi connectivity index (χ4v) is 2.58. The van der Waals surface area contributed by atoms with E-state index < -0.39 is 0 Å². The van der Waals surface area contributed by atoms with Crippen LogP contribution < -0.4 is 5.32 Å². The van der Waals surface area contributed by atoms with Crippen molar-refractivity contribution in [2.45, 2.75) is 39.2 Å². The highest BCUT2D eigenvalue weighted by Crippen LogP contribution is 2.16. The van der Waals surface area contributed by atoms with Gasteiger partial charge < -0.3 is 5.32 Å². The van der Waals surface area contributed by atoms with Crippen LogP contribution in [0.4, 0.5) is 0 Å². The van der Waals surface area contributed by atoms with Crippen LogP contribution in [0.3, 0.4) is 0 Å². The lowest BCUT2D eigenvalue weighted by Gasteiger charge is -2.22. The first-order valence-electron chi connectivity index (χ1n) is 5.10. The Kier molecular flexibility index (Phi) is 5.08. The van der Waals surface area contributed by atoms with Crippen LogP contribution in [0.1, 0.15) is 33.1 Å². The van der Waals surface area contributed by atoms with Gasteiger partial charge >= 0.3 is 0 Å². The van der Waals surface area contributed by atoms with E-state index in [0.29, 0.717) is 0 Å². The molecule has 0 bridgehead atoms. The first kappa shape index (κ1) is 10.4. The Labute approximate surface area is 80.7 Å². The number of hydrogen-bond acceptors (Lipinski definition) is 2. The molecule has 1 atom stereocenters. The second-order valence-corrected chi connectivity index (χ2v) is 5.20. The molecule has 1 saturated heterocycles. The van der Waals surface area contributed by atoms with Crippen molar-refractivity contribution in [2.75, 3.05) is 18.1 Å². The average molecular weight is 187 g/mol. The Morgan fingerprint density at radius 1 is 1.50 bits per heavy atom. The van der Waals surface area contributed by atoms with E-state index in [4.69, 9.17) is 0 Å². The predicted octanol–water partition coefficient (Wildman–Crippen LogP) is 2.52. The summed E-state index contributed by atoms with van der Waals surface area (Å²) in [5, 5.41) is 3.63. The molecule has 0 saturated carbocycles. The lowest BCUT2D eigenvalue weighted by Crippen LogP contribution is -2.34. The lowest BCUT2D eigenvalue weighted by molar-refractivity contribution is 0.466. The number of thioether (sulfide) groups is 1. The smallest absolute Gasteiger partial charge is 0.0158 e. The van der Waals surface area contributed by atoms with E-state index in [2.05, 4.69) is 30.9 Å². The maximum atomic E-state index is 3.63. The second kappa shape index (κ2) is 5.87. The molecule has 1 nitrogen and oxygen atoms in total. The van der Waals surface area contributed by atoms with Crippen LogP contribution in [0.15, 0.2) is 0 Å². The van der Waals surface area contributed by atoms with Gasteiger partial charge in [0.05, 0.1) is 0 Å². The second-order valence-electron chi connectivity index (χ2n) is 4.05. The fraction of sp³-hybridized carbons (Fsp3) is 1.00. The van der Waals surface area contributed by atoms with Crippen molar-refractivity contribution < 1.29 is 0 Å². The van der Waals surface area contributed by atoms with Gasteiger partial charge in [0.25, 0.3) is 0 Å². The minimum Gasteiger partial charge on any atom is -0.313 e. The summed E-state index contributed by atoms with van der Waals surface area (Å²) in [7, 11) is 0. The summed E-state index contributed by atoms with van der Waals surface area (Å²) in [5.74, 6) is 3.55. The van der Waals surface area contributed by atoms with Gasteiger partial charge in [-0.05, 0) is 37.5 Å². The van der Waals surface area contributed by atoms with Gasteiger partial charge in [0.15, 0.2) is 0 Å². The average Bonchev–Trinajstić information content (AvgIpc) is 2.05. The molecule has 0 aliphatic carbocycles. The molecule has 12 heavy (non-hydrogen) atoms. The first-order valence-corrected chi connectivity index (χ1v) is 6.25. The summed E-state index contributed by atoms with van der Waals surface area (Å²) < 4.78 is 0. The summed E-state index contributed by atoms with van der Waals surface area (Å²) in [6.07, 6.45) is 4.12. The Morgan fingerprint density at radius 3 is 2.92 bits per heavy atom. The maximum Gasteiger partial charge on any atom is 0.0158 e. The molecule has 0 aromatic carbocycles. The van der Waals surface area contributed by atoms with Crippen molar-refractivity contribution in [3.63, 3.8) is 0 Å². The molecule has 0 amide bonds. The van der Waals surface area contributed by atoms with Crippen molar-refractivity contribution in [1.29, 1.82) is 0 Å². The Morgan fingerprint density at radius 2 is 2.33 bits per heavy atom. The van der Waals surface area contributed by atoms with Gasteiger partial charge in [-0.3, -0.25) is 0 Å². The van der Waals surface area contributed by atoms with Crippen LogP contribution in [-0.2, 0) is 0 Å². The van der Waals surface area contributed by atoms with E-state index in [-0.39, 0.29) is 0 Å². The largest absolute Gasteiger partial charge is 0.313 e. The van der Waals surface area contributed by atoms with Crippen LogP contribution in [0.2, 0.25) is 0 Å². The van der Waals surface area contributed by atoms with E-state index in [1.807, 2.05) is 0 Å². The van der Waals surface area contributed by atoms with E-state index in [1.54, 1.807) is 0 Å². The van der Waals surface area contributed by atoms with Crippen LogP contribution in [-0.4, -0.2) is 24.1 Å². The minimum atomic E-state index is 0.808. The molecule has 2 heteroatoms. The minimum absolute atomic E-state index is 0.808. The molecule has 0 radical (unpaired) electrons. The molecule has 1 heterocycles. The Bertz CT molecular complexity index is 108. The molecule has 0 aromatic rings. The number of hydrogen-bond donors (Lipinski definition) is 1. The molecule has 1 rings (SSSR count). The summed E-state index contributed by atoms with van der Waals surface area (Å²) in [6.45, 7) is 5.79. The molecule has 1 N–H and O–H groups in total. The Hall–Kier alpha value is 0.310. The van der Waals surface area contributed by atoms with Gasteiger partial charge in [0.1, 0.15) is 0 Å². The van der Waals surface area contributed by atoms with Gasteiger partial charge in [-0.1, -0.05) is 13.8 Å². The van der Waals surface area contributed by atoms with E-state index in [1.165, 1.54) is 37.3 Å². The number of nitrogens with one attached hydrogen (secondary N) is 1. The summed E-state index contributed by atoms with van der Waals surface area (Å²) in [6, 6.07) is 0.808. The first-order chi connectivity index (χ1) is 5.79. The number of rotatable bonds is 4. The monoisotopic (exact) mass is 187 g/mol. The zero-order chi connectivity index (χ0) is 8.81. The zero-order valence-corrected chi connectivity index (χ0v) is 9.12. The molecule has 0 aromatic heterocycles. The molecule has 1 aliphatic rings. The van der Waals surface area contributed by atoms with Crippen molar-refractivity contribution in [3.05, 3.63) is 0 Å². The highest BCUT2D eigenvalue weighted by atomic mass is 32.2. The normalized spacial score (nSPS) is 24.8. The van der Waals surface area contributed by atoms with Crippen molar-refractivity contribution in [2.24, 2.45) is 5.92 Å². The molecule has 0 spiro atoms. The third-order valence-corrected chi connectivity index (χ3v) is 3.53. The van der Waals surface area contributed by atoms with E-state index in [9.17, 15) is 0 Å². The molecule has 0 unspecified atom stereocenters. The zero-order valence-electron chi connectivity index (χ0n) is 8.31. The third kappa shape index (κ3) is 4.36. The van der Waals surface area contributed by atoms with E-state index >= 15 is 0 Å². The quantitative estimate of drug-likeness (QED) is 0.726. The predicted molar refractivity (Wildman–Crippen MR) is 57.8 cm³/mol. The maximum absolute atomic E-state index is 3.63. The highest BCUT2D eigenvalue weighted by molar-refractivity contribution is 7.99. The van der Waals surface area contributed by atoms with Crippen molar-refractivity contribution in [1.82, 2.24) is 5.32 Å². The molecular formula is C10H21NS. The van der Waals surface area contributed by atoms with E-state index in [0.717, 1.165) is 12.0 Å². The third-order valence-electron chi connectivity index (χ3n) is 2.31. The summed E-state index contributed by atoms with van der Waals surface area (Å²) in [4.78, 5) is 0. The topological polar surface area (TPSA) is 12.0 Å². The van der Waals surface area contributed by atoms with Crippen LogP contribution in [0.5, 0.6) is 0 Å². The molecule has 1 fully saturated rings. The highest BCUT2D eigenvalue weighted by Gasteiger charge is 2.12.